The molecule has 0 unspecified atom stereocenters. The van der Waals surface area contributed by atoms with Crippen LogP contribution in [0.1, 0.15) is 46.1 Å². The Morgan fingerprint density at radius 3 is 1.55 bits per heavy atom. The third kappa shape index (κ3) is 9.08. The molecule has 0 fully saturated rings. The number of esters is 1. The number of benzene rings is 2. The summed E-state index contributed by atoms with van der Waals surface area (Å²) in [5.74, 6) is -2.60. The summed E-state index contributed by atoms with van der Waals surface area (Å²) in [5, 5.41) is 8.50. The van der Waals surface area contributed by atoms with Crippen LogP contribution >= 0.6 is 43.5 Å². The van der Waals surface area contributed by atoms with Crippen molar-refractivity contribution in [2.45, 2.75) is 12.4 Å². The second-order valence-electron chi connectivity index (χ2n) is 5.17. The van der Waals surface area contributed by atoms with E-state index in [0.29, 0.717) is 0 Å². The molecule has 0 bridgehead atoms. The van der Waals surface area contributed by atoms with Crippen molar-refractivity contribution in [1.82, 2.24) is 0 Å². The number of carboxylic acids is 1. The summed E-state index contributed by atoms with van der Waals surface area (Å²) in [4.78, 5) is 21.5. The molecular weight excluding hydrogens is 589 g/mol. The Morgan fingerprint density at radius 1 is 0.871 bits per heavy atom. The molecule has 0 heterocycles. The van der Waals surface area contributed by atoms with Gasteiger partial charge in [-0.2, -0.15) is 26.3 Å². The Bertz CT molecular complexity index is 950. The molecule has 0 amide bonds. The topological polar surface area (TPSA) is 63.6 Å². The van der Waals surface area contributed by atoms with Crippen LogP contribution in [0.5, 0.6) is 0 Å². The zero-order valence-corrected chi connectivity index (χ0v) is 19.5. The van der Waals surface area contributed by atoms with E-state index in [1.54, 1.807) is 0 Å². The van der Waals surface area contributed by atoms with Crippen molar-refractivity contribution in [3.8, 4) is 0 Å². The van der Waals surface area contributed by atoms with Crippen LogP contribution < -0.4 is 0 Å². The zero-order chi connectivity index (χ0) is 24.6. The number of rotatable bonds is 2. The van der Waals surface area contributed by atoms with Gasteiger partial charge in [0.15, 0.2) is 0 Å². The van der Waals surface area contributed by atoms with E-state index in [1.807, 2.05) is 0 Å². The summed E-state index contributed by atoms with van der Waals surface area (Å²) in [6.07, 6.45) is -7.76. The number of ether oxygens (including phenoxy) is 1. The van der Waals surface area contributed by atoms with E-state index >= 15 is 0 Å². The number of methoxy groups -OCH3 is 1. The van der Waals surface area contributed by atoms with Crippen molar-refractivity contribution in [2.24, 2.45) is 0 Å². The summed E-state index contributed by atoms with van der Waals surface area (Å²) < 4.78 is 79.1. The summed E-state index contributed by atoms with van der Waals surface area (Å²) >= 11 is 10.4. The van der Waals surface area contributed by atoms with Gasteiger partial charge in [-0.05, 0) is 36.4 Å². The van der Waals surface area contributed by atoms with E-state index in [4.69, 9.17) is 5.11 Å². The predicted molar refractivity (Wildman–Crippen MR) is 130 cm³/mol. The minimum atomic E-state index is -4.66. The van der Waals surface area contributed by atoms with Gasteiger partial charge < -0.3 is 9.84 Å². The zero-order valence-electron chi connectivity index (χ0n) is 15.5. The first-order valence-electron chi connectivity index (χ1n) is 7.61. The molecule has 4 nitrogen and oxygen atoms in total. The van der Waals surface area contributed by atoms with E-state index in [2.05, 4.69) is 48.2 Å². The summed E-state index contributed by atoms with van der Waals surface area (Å²) in [7, 11) is 1.03. The van der Waals surface area contributed by atoms with Crippen LogP contribution in [0, 0.1) is 0 Å². The molecule has 0 saturated carbocycles. The Kier molecular flexibility index (Phi) is 11.6. The molecule has 31 heavy (non-hydrogen) atoms. The van der Waals surface area contributed by atoms with E-state index in [1.165, 1.54) is 18.5 Å². The molecule has 0 aliphatic heterocycles. The third-order valence-corrected chi connectivity index (χ3v) is 4.20. The average Bonchev–Trinajstić information content (AvgIpc) is 2.67. The fraction of sp³-hybridized carbons (Fsp3) is 0.222. The number of alkyl halides is 7. The van der Waals surface area contributed by atoms with Crippen LogP contribution in [-0.2, 0) is 17.1 Å². The van der Waals surface area contributed by atoms with Crippen molar-refractivity contribution in [3.63, 3.8) is 0 Å². The molecular formula is C18H33Br2ClF6O4. The van der Waals surface area contributed by atoms with Gasteiger partial charge in [0.2, 0.25) is 0 Å². The molecule has 13 heteroatoms. The number of carboxylic acid groups (broad SMARTS) is 1. The maximum Gasteiger partial charge on any atom is 0.417 e. The van der Waals surface area contributed by atoms with Crippen LogP contribution in [0.3, 0.4) is 0 Å². The van der Waals surface area contributed by atoms with Crippen molar-refractivity contribution in [3.05, 3.63) is 67.6 Å². The Balaban J connectivity index is -0.0000000374. The van der Waals surface area contributed by atoms with Crippen molar-refractivity contribution in [2.75, 3.05) is 13.5 Å². The van der Waals surface area contributed by atoms with Gasteiger partial charge in [0.25, 0.3) is 0 Å². The molecule has 0 aromatic heterocycles. The molecule has 2 aromatic carbocycles. The van der Waals surface area contributed by atoms with Crippen molar-refractivity contribution >= 4 is 55.4 Å². The molecule has 1 N–H and O–H groups in total. The number of aromatic carboxylic acids is 1. The maximum atomic E-state index is 12.5. The summed E-state index contributed by atoms with van der Waals surface area (Å²) in [6.45, 7) is 0. The lowest BCUT2D eigenvalue weighted by Crippen LogP contribution is -2.14. The second kappa shape index (κ2) is 12.3. The van der Waals surface area contributed by atoms with Crippen molar-refractivity contribution < 1.29 is 60.0 Å². The Morgan fingerprint density at radius 2 is 1.23 bits per heavy atom. The van der Waals surface area contributed by atoms with Crippen LogP contribution in [0.4, 0.5) is 26.3 Å². The van der Waals surface area contributed by atoms with E-state index in [-0.39, 0.29) is 23.2 Å². The highest BCUT2D eigenvalue weighted by molar-refractivity contribution is 9.10. The van der Waals surface area contributed by atoms with E-state index < -0.39 is 46.5 Å². The summed E-state index contributed by atoms with van der Waals surface area (Å²) in [6, 6.07) is 6.16. The smallest absolute Gasteiger partial charge is 0.417 e. The van der Waals surface area contributed by atoms with Crippen LogP contribution in [0.15, 0.2) is 45.3 Å². The minimum absolute atomic E-state index is 0. The van der Waals surface area contributed by atoms with Gasteiger partial charge in [-0.3, -0.25) is 0 Å². The Labute approximate surface area is 209 Å². The number of halogens is 9. The fourth-order valence-electron chi connectivity index (χ4n) is 1.98. The standard InChI is InChI=1S/C9H6BrF3O2.C8H4BrF3O2.CH3Cl.10H2/c1-15-8(14)6-3-2-5(10)4-7(6)9(11,12)13;9-4-1-2-5(7(13)14)6(3-4)8(10,11)12;1-2;;;;;;;;;;/h2-4H,1H3;1-3H,(H,13,14);1H3;10*1H. The SMILES string of the molecule is CCl.COC(=O)c1ccc(Br)cc1C(F)(F)F.O=C(O)c1ccc(Br)cc1C(F)(F)F.[HH].[HH].[HH].[HH].[HH].[HH].[HH].[HH].[HH].[HH]. The van der Waals surface area contributed by atoms with Gasteiger partial charge in [0.05, 0.1) is 29.4 Å². The lowest BCUT2D eigenvalue weighted by molar-refractivity contribution is -0.138. The van der Waals surface area contributed by atoms with Crippen LogP contribution in [0.25, 0.3) is 0 Å². The first-order chi connectivity index (χ1) is 14.2. The van der Waals surface area contributed by atoms with Gasteiger partial charge in [-0.1, -0.05) is 31.9 Å². The molecule has 0 spiro atoms. The fourth-order valence-corrected chi connectivity index (χ4v) is 2.70. The number of hydrogen-bond donors (Lipinski definition) is 1. The van der Waals surface area contributed by atoms with Gasteiger partial charge >= 0.3 is 24.3 Å². The highest BCUT2D eigenvalue weighted by Gasteiger charge is 2.36. The quantitative estimate of drug-likeness (QED) is 0.206. The molecule has 0 saturated heterocycles. The Hall–Kier alpha value is -1.79. The highest BCUT2D eigenvalue weighted by Crippen LogP contribution is 2.35. The monoisotopic (exact) mass is 620 g/mol. The van der Waals surface area contributed by atoms with Crippen molar-refractivity contribution in [1.29, 1.82) is 0 Å². The number of carbonyl (C=O) groups is 2. The van der Waals surface area contributed by atoms with E-state index in [9.17, 15) is 35.9 Å². The molecule has 0 radical (unpaired) electrons. The number of hydrogen-bond acceptors (Lipinski definition) is 3. The molecule has 2 aromatic rings. The molecule has 0 aliphatic carbocycles. The minimum Gasteiger partial charge on any atom is -0.478 e. The van der Waals surface area contributed by atoms with Crippen LogP contribution in [-0.4, -0.2) is 30.5 Å². The van der Waals surface area contributed by atoms with Gasteiger partial charge in [-0.15, -0.1) is 11.6 Å². The molecule has 192 valence electrons. The van der Waals surface area contributed by atoms with Gasteiger partial charge in [-0.25, -0.2) is 9.59 Å². The lowest BCUT2D eigenvalue weighted by Gasteiger charge is -2.11. The highest BCUT2D eigenvalue weighted by atomic mass is 79.9. The molecule has 0 aliphatic rings. The molecule has 0 atom stereocenters. The lowest BCUT2D eigenvalue weighted by atomic mass is 10.1. The summed E-state index contributed by atoms with van der Waals surface area (Å²) in [5.41, 5.74) is -3.41. The van der Waals surface area contributed by atoms with Crippen LogP contribution in [0.2, 0.25) is 0 Å². The molecule has 2 rings (SSSR count). The first kappa shape index (κ1) is 29.2. The third-order valence-electron chi connectivity index (χ3n) is 3.21. The average molecular weight is 623 g/mol. The van der Waals surface area contributed by atoms with E-state index in [0.717, 1.165) is 31.4 Å². The second-order valence-corrected chi connectivity index (χ2v) is 7.00. The van der Waals surface area contributed by atoms with Gasteiger partial charge in [0, 0.05) is 29.6 Å². The maximum absolute atomic E-state index is 12.5. The number of carbonyl (C=O) groups excluding carboxylic acids is 1. The normalized spacial score (nSPS) is 10.8. The largest absolute Gasteiger partial charge is 0.478 e. The first-order valence-corrected chi connectivity index (χ1v) is 9.95. The van der Waals surface area contributed by atoms with Gasteiger partial charge in [0.1, 0.15) is 0 Å². The predicted octanol–water partition coefficient (Wildman–Crippen LogP) is 9.74.